The van der Waals surface area contributed by atoms with Gasteiger partial charge in [-0.15, -0.1) is 0 Å². The topological polar surface area (TPSA) is 55.0 Å². The monoisotopic (exact) mass is 208 g/mol. The zero-order chi connectivity index (χ0) is 11.3. The minimum Gasteiger partial charge on any atom is -0.329 e. The van der Waals surface area contributed by atoms with Crippen LogP contribution in [0.25, 0.3) is 0 Å². The van der Waals surface area contributed by atoms with E-state index in [9.17, 15) is 0 Å². The third-order valence-corrected chi connectivity index (χ3v) is 2.69. The van der Waals surface area contributed by atoms with Gasteiger partial charge in [0, 0.05) is 24.5 Å². The summed E-state index contributed by atoms with van der Waals surface area (Å²) >= 11 is 0. The summed E-state index contributed by atoms with van der Waals surface area (Å²) in [7, 11) is 0. The van der Waals surface area contributed by atoms with E-state index in [-0.39, 0.29) is 5.54 Å². The van der Waals surface area contributed by atoms with Crippen LogP contribution < -0.4 is 5.73 Å². The number of hydrogen-bond donors (Lipinski definition) is 1. The molecule has 1 aromatic rings. The highest BCUT2D eigenvalue weighted by atomic mass is 15.2. The Bertz CT molecular complexity index is 284. The Balaban J connectivity index is 2.70. The smallest absolute Gasteiger partial charge is 0.142 e. The van der Waals surface area contributed by atoms with Crippen LogP contribution in [0.4, 0.5) is 0 Å². The van der Waals surface area contributed by atoms with E-state index in [0.29, 0.717) is 6.54 Å². The summed E-state index contributed by atoms with van der Waals surface area (Å²) < 4.78 is 0. The van der Waals surface area contributed by atoms with Crippen molar-refractivity contribution in [3.63, 3.8) is 0 Å². The molecule has 4 nitrogen and oxygen atoms in total. The summed E-state index contributed by atoms with van der Waals surface area (Å²) in [6, 6.07) is 1.83. The maximum atomic E-state index is 5.75. The first-order chi connectivity index (χ1) is 7.10. The molecule has 0 aromatic carbocycles. The molecule has 84 valence electrons. The van der Waals surface area contributed by atoms with Crippen molar-refractivity contribution >= 4 is 0 Å². The summed E-state index contributed by atoms with van der Waals surface area (Å²) in [6.45, 7) is 8.73. The first-order valence-electron chi connectivity index (χ1n) is 5.31. The van der Waals surface area contributed by atoms with E-state index in [1.54, 1.807) is 12.4 Å². The lowest BCUT2D eigenvalue weighted by atomic mass is 10.0. The van der Waals surface area contributed by atoms with Gasteiger partial charge in [-0.25, -0.2) is 9.97 Å². The summed E-state index contributed by atoms with van der Waals surface area (Å²) in [5.74, 6) is 0.848. The van der Waals surface area contributed by atoms with Crippen LogP contribution >= 0.6 is 0 Å². The van der Waals surface area contributed by atoms with Crippen LogP contribution in [0.1, 0.15) is 26.6 Å². The van der Waals surface area contributed by atoms with Crippen LogP contribution in [0, 0.1) is 0 Å². The predicted octanol–water partition coefficient (Wildman–Crippen LogP) is 1.04. The van der Waals surface area contributed by atoms with Crippen LogP contribution in [0.2, 0.25) is 0 Å². The second kappa shape index (κ2) is 5.19. The van der Waals surface area contributed by atoms with Gasteiger partial charge in [0.2, 0.25) is 0 Å². The van der Waals surface area contributed by atoms with Crippen LogP contribution in [0.3, 0.4) is 0 Å². The highest BCUT2D eigenvalue weighted by molar-refractivity contribution is 4.91. The summed E-state index contributed by atoms with van der Waals surface area (Å²) in [5, 5.41) is 0. The molecule has 0 saturated carbocycles. The molecule has 4 heteroatoms. The van der Waals surface area contributed by atoms with Crippen molar-refractivity contribution in [2.24, 2.45) is 5.73 Å². The van der Waals surface area contributed by atoms with E-state index >= 15 is 0 Å². The molecule has 1 heterocycles. The molecule has 0 bridgehead atoms. The molecular weight excluding hydrogens is 188 g/mol. The molecule has 0 amide bonds. The van der Waals surface area contributed by atoms with Gasteiger partial charge in [0.15, 0.2) is 0 Å². The number of aromatic nitrogens is 2. The second-order valence-corrected chi connectivity index (χ2v) is 4.20. The molecule has 15 heavy (non-hydrogen) atoms. The number of hydrogen-bond acceptors (Lipinski definition) is 4. The van der Waals surface area contributed by atoms with Crippen molar-refractivity contribution in [2.45, 2.75) is 32.9 Å². The molecule has 0 saturated heterocycles. The van der Waals surface area contributed by atoms with E-state index in [2.05, 4.69) is 35.6 Å². The third-order valence-electron chi connectivity index (χ3n) is 2.69. The van der Waals surface area contributed by atoms with Crippen molar-refractivity contribution < 1.29 is 0 Å². The molecular formula is C11H20N4. The van der Waals surface area contributed by atoms with E-state index in [4.69, 9.17) is 5.73 Å². The minimum atomic E-state index is -0.00600. The SMILES string of the molecule is CCN(Cc1ncccn1)C(C)(C)CN. The van der Waals surface area contributed by atoms with Crippen molar-refractivity contribution in [1.82, 2.24) is 14.9 Å². The summed E-state index contributed by atoms with van der Waals surface area (Å²) in [6.07, 6.45) is 3.54. The summed E-state index contributed by atoms with van der Waals surface area (Å²) in [4.78, 5) is 10.7. The van der Waals surface area contributed by atoms with Gasteiger partial charge >= 0.3 is 0 Å². The molecule has 2 N–H and O–H groups in total. The molecule has 0 spiro atoms. The second-order valence-electron chi connectivity index (χ2n) is 4.20. The van der Waals surface area contributed by atoms with Crippen molar-refractivity contribution in [3.8, 4) is 0 Å². The molecule has 1 rings (SSSR count). The Hall–Kier alpha value is -1.00. The number of nitrogens with two attached hydrogens (primary N) is 1. The van der Waals surface area contributed by atoms with E-state index < -0.39 is 0 Å². The molecule has 0 aliphatic heterocycles. The number of nitrogens with zero attached hydrogens (tertiary/aromatic N) is 3. The van der Waals surface area contributed by atoms with Crippen molar-refractivity contribution in [2.75, 3.05) is 13.1 Å². The molecule has 1 aromatic heterocycles. The fraction of sp³-hybridized carbons (Fsp3) is 0.636. The van der Waals surface area contributed by atoms with Gasteiger partial charge in [0.05, 0.1) is 6.54 Å². The van der Waals surface area contributed by atoms with Gasteiger partial charge in [-0.3, -0.25) is 4.90 Å². The average molecular weight is 208 g/mol. The van der Waals surface area contributed by atoms with Gasteiger partial charge in [0.25, 0.3) is 0 Å². The highest BCUT2D eigenvalue weighted by Gasteiger charge is 2.24. The fourth-order valence-electron chi connectivity index (χ4n) is 1.47. The average Bonchev–Trinajstić information content (AvgIpc) is 2.27. The van der Waals surface area contributed by atoms with Gasteiger partial charge in [-0.2, -0.15) is 0 Å². The first kappa shape index (κ1) is 12.1. The molecule has 0 atom stereocenters. The van der Waals surface area contributed by atoms with Crippen LogP contribution in [-0.4, -0.2) is 33.5 Å². The Morgan fingerprint density at radius 1 is 1.33 bits per heavy atom. The zero-order valence-corrected chi connectivity index (χ0v) is 9.77. The predicted molar refractivity (Wildman–Crippen MR) is 61.2 cm³/mol. The van der Waals surface area contributed by atoms with Crippen LogP contribution in [-0.2, 0) is 6.54 Å². The normalized spacial score (nSPS) is 12.1. The summed E-state index contributed by atoms with van der Waals surface area (Å²) in [5.41, 5.74) is 5.75. The van der Waals surface area contributed by atoms with Crippen molar-refractivity contribution in [1.29, 1.82) is 0 Å². The molecule has 0 fully saturated rings. The van der Waals surface area contributed by atoms with Crippen LogP contribution in [0.5, 0.6) is 0 Å². The van der Waals surface area contributed by atoms with Gasteiger partial charge in [-0.1, -0.05) is 6.92 Å². The third kappa shape index (κ3) is 3.25. The Morgan fingerprint density at radius 2 is 1.93 bits per heavy atom. The van der Waals surface area contributed by atoms with Crippen molar-refractivity contribution in [3.05, 3.63) is 24.3 Å². The Morgan fingerprint density at radius 3 is 2.40 bits per heavy atom. The lowest BCUT2D eigenvalue weighted by Crippen LogP contribution is -2.48. The lowest BCUT2D eigenvalue weighted by Gasteiger charge is -2.36. The first-order valence-corrected chi connectivity index (χ1v) is 5.31. The van der Waals surface area contributed by atoms with Crippen LogP contribution in [0.15, 0.2) is 18.5 Å². The molecule has 0 aliphatic carbocycles. The number of likely N-dealkylation sites (N-methyl/N-ethyl adjacent to an activating group) is 1. The van der Waals surface area contributed by atoms with E-state index in [1.807, 2.05) is 6.07 Å². The Labute approximate surface area is 91.5 Å². The fourth-order valence-corrected chi connectivity index (χ4v) is 1.47. The maximum Gasteiger partial charge on any atom is 0.142 e. The number of rotatable bonds is 5. The van der Waals surface area contributed by atoms with Gasteiger partial charge in [-0.05, 0) is 26.5 Å². The van der Waals surface area contributed by atoms with E-state index in [1.165, 1.54) is 0 Å². The lowest BCUT2D eigenvalue weighted by molar-refractivity contribution is 0.122. The van der Waals surface area contributed by atoms with Gasteiger partial charge < -0.3 is 5.73 Å². The Kier molecular flexibility index (Phi) is 4.17. The largest absolute Gasteiger partial charge is 0.329 e. The molecule has 0 aliphatic rings. The minimum absolute atomic E-state index is 0.00600. The molecule has 0 unspecified atom stereocenters. The maximum absolute atomic E-state index is 5.75. The van der Waals surface area contributed by atoms with E-state index in [0.717, 1.165) is 18.9 Å². The quantitative estimate of drug-likeness (QED) is 0.785. The zero-order valence-electron chi connectivity index (χ0n) is 9.77. The highest BCUT2D eigenvalue weighted by Crippen LogP contribution is 2.14. The standard InChI is InChI=1S/C11H20N4/c1-4-15(11(2,3)9-12)8-10-13-6-5-7-14-10/h5-7H,4,8-9,12H2,1-3H3. The molecule has 0 radical (unpaired) electrons. The van der Waals surface area contributed by atoms with Gasteiger partial charge in [0.1, 0.15) is 5.82 Å².